The largest absolute Gasteiger partial charge is 0.389 e. The molecule has 0 aromatic carbocycles. The van der Waals surface area contributed by atoms with E-state index < -0.39 is 18.0 Å². The molecule has 15 heavy (non-hydrogen) atoms. The first-order valence-electron chi connectivity index (χ1n) is 5.49. The van der Waals surface area contributed by atoms with Crippen molar-refractivity contribution >= 4 is 0 Å². The summed E-state index contributed by atoms with van der Waals surface area (Å²) in [6.07, 6.45) is -0.0458. The summed E-state index contributed by atoms with van der Waals surface area (Å²) in [5, 5.41) is 19.8. The highest BCUT2D eigenvalue weighted by Gasteiger charge is 2.57. The van der Waals surface area contributed by atoms with E-state index in [1.165, 1.54) is 0 Å². The number of nitrogens with zero attached hydrogens (tertiary/aromatic N) is 1. The van der Waals surface area contributed by atoms with Crippen molar-refractivity contribution in [2.24, 2.45) is 0 Å². The fraction of sp³-hybridized carbons (Fsp3) is 1.00. The number of rotatable bonds is 0. The molecule has 1 spiro atoms. The van der Waals surface area contributed by atoms with Crippen LogP contribution in [0.4, 0.5) is 0 Å². The first kappa shape index (κ1) is 9.99. The van der Waals surface area contributed by atoms with Crippen molar-refractivity contribution in [2.45, 2.75) is 42.9 Å². The second-order valence-electron chi connectivity index (χ2n) is 4.80. The molecule has 3 saturated heterocycles. The number of piperidine rings is 1. The summed E-state index contributed by atoms with van der Waals surface area (Å²) in [7, 11) is 1.94. The lowest BCUT2D eigenvalue weighted by Gasteiger charge is -2.41. The zero-order chi connectivity index (χ0) is 10.6. The van der Waals surface area contributed by atoms with E-state index in [1.54, 1.807) is 0 Å². The monoisotopic (exact) mass is 215 g/mol. The third kappa shape index (κ3) is 1.28. The van der Waals surface area contributed by atoms with E-state index in [9.17, 15) is 10.2 Å². The van der Waals surface area contributed by atoms with Crippen molar-refractivity contribution in [3.8, 4) is 0 Å². The van der Waals surface area contributed by atoms with E-state index in [0.717, 1.165) is 0 Å². The molecule has 3 aliphatic rings. The van der Waals surface area contributed by atoms with Crippen molar-refractivity contribution in [2.75, 3.05) is 20.3 Å². The van der Waals surface area contributed by atoms with Crippen LogP contribution in [0.3, 0.4) is 0 Å². The van der Waals surface area contributed by atoms with Crippen molar-refractivity contribution in [1.29, 1.82) is 0 Å². The highest BCUT2D eigenvalue weighted by molar-refractivity contribution is 5.08. The molecule has 0 aromatic rings. The van der Waals surface area contributed by atoms with Crippen molar-refractivity contribution in [1.82, 2.24) is 4.90 Å². The predicted molar refractivity (Wildman–Crippen MR) is 51.2 cm³/mol. The van der Waals surface area contributed by atoms with E-state index in [2.05, 4.69) is 0 Å². The highest BCUT2D eigenvalue weighted by atomic mass is 16.7. The molecule has 0 aromatic heterocycles. The van der Waals surface area contributed by atoms with Gasteiger partial charge in [-0.2, -0.15) is 0 Å². The number of hydrogen-bond donors (Lipinski definition) is 2. The second kappa shape index (κ2) is 3.15. The minimum atomic E-state index is -0.674. The molecule has 4 unspecified atom stereocenters. The Labute approximate surface area is 88.6 Å². The standard InChI is InChI=1S/C10H17NO4/c1-11-6-4-10(14-2-3-15-10)5-7(11)9(13)8(6)12/h6-9,12-13H,2-5H2,1H3. The molecule has 0 aliphatic carbocycles. The molecule has 3 rings (SSSR count). The molecular weight excluding hydrogens is 198 g/mol. The summed E-state index contributed by atoms with van der Waals surface area (Å²) < 4.78 is 11.3. The van der Waals surface area contributed by atoms with Crippen molar-refractivity contribution in [3.05, 3.63) is 0 Å². The molecule has 2 N–H and O–H groups in total. The predicted octanol–water partition coefficient (Wildman–Crippen LogP) is -1.07. The van der Waals surface area contributed by atoms with Crippen LogP contribution >= 0.6 is 0 Å². The van der Waals surface area contributed by atoms with Crippen LogP contribution in [-0.4, -0.2) is 65.5 Å². The summed E-state index contributed by atoms with van der Waals surface area (Å²) in [4.78, 5) is 2.05. The third-order valence-corrected chi connectivity index (χ3v) is 4.04. The number of likely N-dealkylation sites (N-methyl/N-ethyl adjacent to an activating group) is 1. The van der Waals surface area contributed by atoms with Gasteiger partial charge in [-0.3, -0.25) is 4.90 Å². The maximum Gasteiger partial charge on any atom is 0.171 e. The average molecular weight is 215 g/mol. The van der Waals surface area contributed by atoms with Crippen LogP contribution in [0.2, 0.25) is 0 Å². The van der Waals surface area contributed by atoms with Crippen molar-refractivity contribution < 1.29 is 19.7 Å². The zero-order valence-electron chi connectivity index (χ0n) is 8.80. The molecular formula is C10H17NO4. The van der Waals surface area contributed by atoms with Gasteiger partial charge in [0.15, 0.2) is 5.79 Å². The van der Waals surface area contributed by atoms with E-state index in [0.29, 0.717) is 26.1 Å². The molecule has 3 aliphatic heterocycles. The Morgan fingerprint density at radius 3 is 2.00 bits per heavy atom. The van der Waals surface area contributed by atoms with Gasteiger partial charge in [-0.15, -0.1) is 0 Å². The molecule has 86 valence electrons. The van der Waals surface area contributed by atoms with Gasteiger partial charge in [0.05, 0.1) is 25.4 Å². The minimum Gasteiger partial charge on any atom is -0.389 e. The van der Waals surface area contributed by atoms with Crippen LogP contribution in [0.5, 0.6) is 0 Å². The van der Waals surface area contributed by atoms with Crippen LogP contribution < -0.4 is 0 Å². The Kier molecular flexibility index (Phi) is 2.10. The van der Waals surface area contributed by atoms with E-state index in [1.807, 2.05) is 11.9 Å². The van der Waals surface area contributed by atoms with Gasteiger partial charge >= 0.3 is 0 Å². The fourth-order valence-electron chi connectivity index (χ4n) is 3.17. The van der Waals surface area contributed by atoms with Gasteiger partial charge in [-0.1, -0.05) is 0 Å². The maximum absolute atomic E-state index is 9.88. The van der Waals surface area contributed by atoms with Gasteiger partial charge < -0.3 is 19.7 Å². The number of fused-ring (bicyclic) bond motifs is 2. The minimum absolute atomic E-state index is 0.0446. The highest BCUT2D eigenvalue weighted by Crippen LogP contribution is 2.44. The van der Waals surface area contributed by atoms with E-state index in [4.69, 9.17) is 9.47 Å². The first-order valence-corrected chi connectivity index (χ1v) is 5.49. The van der Waals surface area contributed by atoms with Crippen LogP contribution in [0.15, 0.2) is 0 Å². The summed E-state index contributed by atoms with van der Waals surface area (Å²) >= 11 is 0. The fourth-order valence-corrected chi connectivity index (χ4v) is 3.17. The molecule has 5 heteroatoms. The third-order valence-electron chi connectivity index (χ3n) is 4.04. The molecule has 0 saturated carbocycles. The molecule has 4 atom stereocenters. The van der Waals surface area contributed by atoms with Crippen LogP contribution in [0.1, 0.15) is 12.8 Å². The lowest BCUT2D eigenvalue weighted by molar-refractivity contribution is -0.201. The van der Waals surface area contributed by atoms with Gasteiger partial charge in [0.2, 0.25) is 0 Å². The Balaban J connectivity index is 1.87. The number of ether oxygens (including phenoxy) is 2. The Morgan fingerprint density at radius 1 is 1.07 bits per heavy atom. The smallest absolute Gasteiger partial charge is 0.171 e. The topological polar surface area (TPSA) is 62.2 Å². The lowest BCUT2D eigenvalue weighted by atomic mass is 9.96. The summed E-state index contributed by atoms with van der Waals surface area (Å²) in [6, 6.07) is -0.0892. The Hall–Kier alpha value is -0.200. The molecule has 0 radical (unpaired) electrons. The molecule has 0 amide bonds. The molecule has 3 fully saturated rings. The summed E-state index contributed by atoms with van der Waals surface area (Å²) in [5.74, 6) is -0.541. The molecule has 5 nitrogen and oxygen atoms in total. The van der Waals surface area contributed by atoms with E-state index >= 15 is 0 Å². The SMILES string of the molecule is CN1C2CC3(CC1C(O)C2O)OCCO3. The number of hydrogen-bond acceptors (Lipinski definition) is 5. The summed E-state index contributed by atoms with van der Waals surface area (Å²) in [6.45, 7) is 1.24. The summed E-state index contributed by atoms with van der Waals surface area (Å²) in [5.41, 5.74) is 0. The number of aliphatic hydroxyl groups excluding tert-OH is 2. The van der Waals surface area contributed by atoms with Crippen LogP contribution in [-0.2, 0) is 9.47 Å². The quantitative estimate of drug-likeness (QED) is 0.538. The zero-order valence-corrected chi connectivity index (χ0v) is 8.80. The normalized spacial score (nSPS) is 49.0. The Bertz CT molecular complexity index is 238. The van der Waals surface area contributed by atoms with Crippen molar-refractivity contribution in [3.63, 3.8) is 0 Å². The Morgan fingerprint density at radius 2 is 1.53 bits per heavy atom. The van der Waals surface area contributed by atoms with E-state index in [-0.39, 0.29) is 12.1 Å². The second-order valence-corrected chi connectivity index (χ2v) is 4.80. The van der Waals surface area contributed by atoms with Gasteiger partial charge in [0.25, 0.3) is 0 Å². The van der Waals surface area contributed by atoms with Gasteiger partial charge in [0, 0.05) is 24.9 Å². The van der Waals surface area contributed by atoms with Crippen LogP contribution in [0.25, 0.3) is 0 Å². The first-order chi connectivity index (χ1) is 7.13. The maximum atomic E-state index is 9.88. The van der Waals surface area contributed by atoms with Gasteiger partial charge in [-0.25, -0.2) is 0 Å². The average Bonchev–Trinajstić information content (AvgIpc) is 2.71. The molecule has 2 bridgehead atoms. The molecule has 3 heterocycles. The number of aliphatic hydroxyl groups is 2. The van der Waals surface area contributed by atoms with Gasteiger partial charge in [0.1, 0.15) is 0 Å². The lowest BCUT2D eigenvalue weighted by Crippen LogP contribution is -2.51. The van der Waals surface area contributed by atoms with Crippen LogP contribution in [0, 0.1) is 0 Å². The van der Waals surface area contributed by atoms with Gasteiger partial charge in [-0.05, 0) is 7.05 Å².